The number of rotatable bonds is 6. The van der Waals surface area contributed by atoms with Gasteiger partial charge in [-0.1, -0.05) is 0 Å². The van der Waals surface area contributed by atoms with Crippen molar-refractivity contribution >= 4 is 21.6 Å². The summed E-state index contributed by atoms with van der Waals surface area (Å²) in [6.45, 7) is 2.61. The molecule has 1 aromatic carbocycles. The van der Waals surface area contributed by atoms with Crippen molar-refractivity contribution in [1.29, 1.82) is 0 Å². The van der Waals surface area contributed by atoms with Crippen LogP contribution in [0.4, 0.5) is 0 Å². The lowest BCUT2D eigenvalue weighted by molar-refractivity contribution is 0.0219. The van der Waals surface area contributed by atoms with Crippen molar-refractivity contribution < 1.29 is 17.9 Å². The van der Waals surface area contributed by atoms with E-state index in [1.165, 1.54) is 11.1 Å². The van der Waals surface area contributed by atoms with Crippen molar-refractivity contribution in [2.24, 2.45) is 5.92 Å². The van der Waals surface area contributed by atoms with E-state index in [2.05, 4.69) is 17.0 Å². The number of alkyl halides is 1. The number of nitrogens with zero attached hydrogens (tertiary/aromatic N) is 2. The summed E-state index contributed by atoms with van der Waals surface area (Å²) < 4.78 is 38.9. The summed E-state index contributed by atoms with van der Waals surface area (Å²) in [5, 5.41) is 0. The first kappa shape index (κ1) is 21.2. The molecule has 3 aliphatic heterocycles. The van der Waals surface area contributed by atoms with Gasteiger partial charge in [0.25, 0.3) is 0 Å². The summed E-state index contributed by atoms with van der Waals surface area (Å²) in [6, 6.07) is 4.49. The van der Waals surface area contributed by atoms with Crippen LogP contribution in [0.15, 0.2) is 12.1 Å². The molecular formula is C21H31ClN2O4S. The quantitative estimate of drug-likeness (QED) is 0.634. The minimum atomic E-state index is -3.27. The van der Waals surface area contributed by atoms with Gasteiger partial charge in [0.2, 0.25) is 10.0 Å². The van der Waals surface area contributed by atoms with Crippen LogP contribution in [0.2, 0.25) is 0 Å². The van der Waals surface area contributed by atoms with Crippen LogP contribution in [-0.2, 0) is 16.4 Å². The molecule has 0 aromatic heterocycles. The second kappa shape index (κ2) is 8.61. The van der Waals surface area contributed by atoms with Gasteiger partial charge in [0.15, 0.2) is 11.5 Å². The molecule has 3 aliphatic rings. The molecule has 8 heteroatoms. The zero-order valence-corrected chi connectivity index (χ0v) is 18.8. The molecule has 4 rings (SSSR count). The van der Waals surface area contributed by atoms with Crippen LogP contribution in [-0.4, -0.2) is 69.2 Å². The second-order valence-electron chi connectivity index (χ2n) is 8.34. The molecular weight excluding hydrogens is 412 g/mol. The van der Waals surface area contributed by atoms with Gasteiger partial charge < -0.3 is 9.47 Å². The number of sulfonamides is 1. The molecule has 0 N–H and O–H groups in total. The lowest BCUT2D eigenvalue weighted by atomic mass is 9.77. The fourth-order valence-electron chi connectivity index (χ4n) is 5.43. The highest BCUT2D eigenvalue weighted by Gasteiger charge is 2.45. The van der Waals surface area contributed by atoms with Crippen LogP contribution in [0.3, 0.4) is 0 Å². The lowest BCUT2D eigenvalue weighted by Gasteiger charge is -2.51. The van der Waals surface area contributed by atoms with Crippen molar-refractivity contribution in [3.8, 4) is 11.5 Å². The molecule has 0 saturated carbocycles. The first-order chi connectivity index (χ1) is 14.0. The zero-order chi connectivity index (χ0) is 20.6. The van der Waals surface area contributed by atoms with Crippen LogP contribution in [0.5, 0.6) is 11.5 Å². The average Bonchev–Trinajstić information content (AvgIpc) is 2.74. The highest BCUT2D eigenvalue weighted by atomic mass is 35.5. The molecule has 0 spiro atoms. The number of halogens is 1. The van der Waals surface area contributed by atoms with Crippen molar-refractivity contribution in [3.05, 3.63) is 23.3 Å². The molecule has 0 unspecified atom stereocenters. The molecule has 0 aliphatic carbocycles. The van der Waals surface area contributed by atoms with E-state index in [0.29, 0.717) is 24.8 Å². The van der Waals surface area contributed by atoms with E-state index < -0.39 is 10.0 Å². The largest absolute Gasteiger partial charge is 0.493 e. The Morgan fingerprint density at radius 2 is 1.93 bits per heavy atom. The molecule has 2 fully saturated rings. The standard InChI is InChI=1S/C21H31ClN2O4S/c1-27-20-11-15-6-9-23-14-16-5-3-8-24(29(25,26)10-4-7-22)18(16)13-19(23)17(15)12-21(20)28-2/h11-12,16,18-19H,3-10,13-14H2,1-2H3/t16-,18+,19-/m0/s1. The third kappa shape index (κ3) is 3.99. The van der Waals surface area contributed by atoms with E-state index in [9.17, 15) is 8.42 Å². The average molecular weight is 443 g/mol. The third-order valence-electron chi connectivity index (χ3n) is 6.81. The normalized spacial score (nSPS) is 27.6. The summed E-state index contributed by atoms with van der Waals surface area (Å²) in [6.07, 6.45) is 4.39. The van der Waals surface area contributed by atoms with Crippen molar-refractivity contribution in [1.82, 2.24) is 9.21 Å². The minimum absolute atomic E-state index is 0.0735. The van der Waals surface area contributed by atoms with Gasteiger partial charge in [-0.3, -0.25) is 4.90 Å². The summed E-state index contributed by atoms with van der Waals surface area (Å²) >= 11 is 5.77. The maximum Gasteiger partial charge on any atom is 0.214 e. The molecule has 0 amide bonds. The van der Waals surface area contributed by atoms with E-state index in [4.69, 9.17) is 21.1 Å². The van der Waals surface area contributed by atoms with Crippen LogP contribution < -0.4 is 9.47 Å². The van der Waals surface area contributed by atoms with Crippen molar-refractivity contribution in [3.63, 3.8) is 0 Å². The number of ether oxygens (including phenoxy) is 2. The molecule has 1 aromatic rings. The number of benzene rings is 1. The third-order valence-corrected chi connectivity index (χ3v) is 9.05. The van der Waals surface area contributed by atoms with E-state index in [-0.39, 0.29) is 17.8 Å². The minimum Gasteiger partial charge on any atom is -0.493 e. The van der Waals surface area contributed by atoms with Gasteiger partial charge in [-0.25, -0.2) is 8.42 Å². The highest BCUT2D eigenvalue weighted by molar-refractivity contribution is 7.89. The Bertz CT molecular complexity index is 847. The van der Waals surface area contributed by atoms with Crippen LogP contribution >= 0.6 is 11.6 Å². The Morgan fingerprint density at radius 1 is 1.17 bits per heavy atom. The Morgan fingerprint density at radius 3 is 2.66 bits per heavy atom. The SMILES string of the molecule is COc1cc2c(cc1OC)[C@@H]1C[C@@H]3[C@@H](CCCN3S(=O)(=O)CCCCl)CN1CC2. The van der Waals surface area contributed by atoms with E-state index in [1.54, 1.807) is 18.5 Å². The molecule has 2 saturated heterocycles. The Balaban J connectivity index is 1.64. The van der Waals surface area contributed by atoms with Crippen LogP contribution in [0, 0.1) is 5.92 Å². The first-order valence-corrected chi connectivity index (χ1v) is 12.7. The topological polar surface area (TPSA) is 59.1 Å². The number of hydrogen-bond donors (Lipinski definition) is 0. The number of fused-ring (bicyclic) bond motifs is 4. The van der Waals surface area contributed by atoms with Gasteiger partial charge in [0.1, 0.15) is 0 Å². The smallest absolute Gasteiger partial charge is 0.214 e. The van der Waals surface area contributed by atoms with Crippen molar-refractivity contribution in [2.45, 2.75) is 44.2 Å². The van der Waals surface area contributed by atoms with E-state index in [1.807, 2.05) is 0 Å². The molecule has 162 valence electrons. The molecule has 29 heavy (non-hydrogen) atoms. The molecule has 0 bridgehead atoms. The Hall–Kier alpha value is -1.02. The van der Waals surface area contributed by atoms with Gasteiger partial charge in [-0.05, 0) is 61.3 Å². The first-order valence-electron chi connectivity index (χ1n) is 10.5. The second-order valence-corrected chi connectivity index (χ2v) is 10.8. The van der Waals surface area contributed by atoms with Gasteiger partial charge >= 0.3 is 0 Å². The van der Waals surface area contributed by atoms with E-state index >= 15 is 0 Å². The van der Waals surface area contributed by atoms with Gasteiger partial charge in [-0.15, -0.1) is 11.6 Å². The zero-order valence-electron chi connectivity index (χ0n) is 17.3. The summed E-state index contributed by atoms with van der Waals surface area (Å²) in [5.41, 5.74) is 2.55. The highest BCUT2D eigenvalue weighted by Crippen LogP contribution is 2.46. The number of methoxy groups -OCH3 is 2. The van der Waals surface area contributed by atoms with Crippen LogP contribution in [0.25, 0.3) is 0 Å². The molecule has 3 heterocycles. The van der Waals surface area contributed by atoms with Crippen LogP contribution in [0.1, 0.15) is 42.9 Å². The fraction of sp³-hybridized carbons (Fsp3) is 0.714. The molecule has 3 atom stereocenters. The predicted molar refractivity (Wildman–Crippen MR) is 115 cm³/mol. The summed E-state index contributed by atoms with van der Waals surface area (Å²) in [5.74, 6) is 2.44. The van der Waals surface area contributed by atoms with Gasteiger partial charge in [0, 0.05) is 37.6 Å². The number of hydrogen-bond acceptors (Lipinski definition) is 5. The van der Waals surface area contributed by atoms with Crippen molar-refractivity contribution in [2.75, 3.05) is 45.5 Å². The van der Waals surface area contributed by atoms with Gasteiger partial charge in [0.05, 0.1) is 20.0 Å². The molecule has 6 nitrogen and oxygen atoms in total. The Labute approximate surface area is 179 Å². The predicted octanol–water partition coefficient (Wildman–Crippen LogP) is 3.05. The maximum atomic E-state index is 13.0. The number of piperidine rings is 2. The monoisotopic (exact) mass is 442 g/mol. The van der Waals surface area contributed by atoms with Gasteiger partial charge in [-0.2, -0.15) is 4.31 Å². The van der Waals surface area contributed by atoms with E-state index in [0.717, 1.165) is 50.3 Å². The fourth-order valence-corrected chi connectivity index (χ4v) is 7.54. The molecule has 0 radical (unpaired) electrons. The summed E-state index contributed by atoms with van der Waals surface area (Å²) in [4.78, 5) is 2.55. The Kier molecular flexibility index (Phi) is 6.30. The lowest BCUT2D eigenvalue weighted by Crippen LogP contribution is -2.57. The summed E-state index contributed by atoms with van der Waals surface area (Å²) in [7, 11) is 0.0548. The maximum absolute atomic E-state index is 13.0.